The summed E-state index contributed by atoms with van der Waals surface area (Å²) in [5.74, 6) is 0.644. The van der Waals surface area contributed by atoms with E-state index >= 15 is 0 Å². The highest BCUT2D eigenvalue weighted by Crippen LogP contribution is 2.35. The van der Waals surface area contributed by atoms with Gasteiger partial charge < -0.3 is 11.1 Å². The lowest BCUT2D eigenvalue weighted by molar-refractivity contribution is -0.125. The number of aromatic nitrogens is 2. The van der Waals surface area contributed by atoms with Gasteiger partial charge in [0.1, 0.15) is 0 Å². The molecular formula is C13H22N4O. The normalized spacial score (nSPS) is 19.2. The fourth-order valence-electron chi connectivity index (χ4n) is 2.66. The molecule has 5 nitrogen and oxygen atoms in total. The Morgan fingerprint density at radius 1 is 1.44 bits per heavy atom. The first-order valence-electron chi connectivity index (χ1n) is 6.67. The van der Waals surface area contributed by atoms with Gasteiger partial charge in [0.2, 0.25) is 5.91 Å². The molecule has 18 heavy (non-hydrogen) atoms. The van der Waals surface area contributed by atoms with Gasteiger partial charge in [0.15, 0.2) is 5.82 Å². The second-order valence-electron chi connectivity index (χ2n) is 5.23. The lowest BCUT2D eigenvalue weighted by Gasteiger charge is -2.29. The van der Waals surface area contributed by atoms with Crippen molar-refractivity contribution in [3.63, 3.8) is 0 Å². The number of hydrogen-bond acceptors (Lipinski definition) is 3. The number of nitrogens with one attached hydrogen (secondary N) is 1. The maximum absolute atomic E-state index is 12.4. The van der Waals surface area contributed by atoms with Crippen molar-refractivity contribution >= 4 is 11.7 Å². The molecule has 0 aliphatic heterocycles. The van der Waals surface area contributed by atoms with Crippen molar-refractivity contribution in [2.24, 2.45) is 18.2 Å². The quantitative estimate of drug-likeness (QED) is 0.801. The average molecular weight is 250 g/mol. The molecule has 1 fully saturated rings. The topological polar surface area (TPSA) is 72.9 Å². The predicted octanol–water partition coefficient (Wildman–Crippen LogP) is 1.66. The molecule has 1 amide bonds. The molecule has 0 atom stereocenters. The van der Waals surface area contributed by atoms with Gasteiger partial charge in [-0.2, -0.15) is 5.10 Å². The molecule has 1 heterocycles. The van der Waals surface area contributed by atoms with Crippen LogP contribution in [-0.2, 0) is 11.8 Å². The van der Waals surface area contributed by atoms with E-state index in [4.69, 9.17) is 5.73 Å². The number of amides is 1. The summed E-state index contributed by atoms with van der Waals surface area (Å²) < 4.78 is 1.68. The molecule has 0 unspecified atom stereocenters. The van der Waals surface area contributed by atoms with Gasteiger partial charge in [-0.05, 0) is 12.8 Å². The second-order valence-corrected chi connectivity index (χ2v) is 5.23. The molecule has 0 radical (unpaired) electrons. The summed E-state index contributed by atoms with van der Waals surface area (Å²) in [4.78, 5) is 12.4. The molecule has 0 bridgehead atoms. The van der Waals surface area contributed by atoms with E-state index in [0.717, 1.165) is 25.7 Å². The zero-order valence-electron chi connectivity index (χ0n) is 11.0. The molecular weight excluding hydrogens is 228 g/mol. The van der Waals surface area contributed by atoms with E-state index in [-0.39, 0.29) is 5.91 Å². The van der Waals surface area contributed by atoms with Crippen LogP contribution in [0.5, 0.6) is 0 Å². The molecule has 3 N–H and O–H groups in total. The molecule has 1 aliphatic carbocycles. The van der Waals surface area contributed by atoms with E-state index in [9.17, 15) is 4.79 Å². The summed E-state index contributed by atoms with van der Waals surface area (Å²) >= 11 is 0. The van der Waals surface area contributed by atoms with Gasteiger partial charge in [-0.1, -0.05) is 25.7 Å². The molecule has 1 aliphatic rings. The molecule has 1 aromatic rings. The van der Waals surface area contributed by atoms with Gasteiger partial charge >= 0.3 is 0 Å². The number of nitrogens with two attached hydrogens (primary N) is 1. The third-order valence-electron chi connectivity index (χ3n) is 3.89. The van der Waals surface area contributed by atoms with Crippen LogP contribution in [0.1, 0.15) is 38.5 Å². The summed E-state index contributed by atoms with van der Waals surface area (Å²) in [5, 5.41) is 7.08. The van der Waals surface area contributed by atoms with E-state index in [1.165, 1.54) is 12.8 Å². The molecule has 5 heteroatoms. The van der Waals surface area contributed by atoms with Crippen molar-refractivity contribution in [1.82, 2.24) is 9.78 Å². The van der Waals surface area contributed by atoms with Crippen LogP contribution in [0.25, 0.3) is 0 Å². The number of hydrogen-bond donors (Lipinski definition) is 2. The maximum Gasteiger partial charge on any atom is 0.233 e. The van der Waals surface area contributed by atoms with Crippen LogP contribution >= 0.6 is 0 Å². The van der Waals surface area contributed by atoms with Gasteiger partial charge in [-0.15, -0.1) is 0 Å². The summed E-state index contributed by atoms with van der Waals surface area (Å²) in [7, 11) is 1.83. The van der Waals surface area contributed by atoms with Crippen molar-refractivity contribution in [3.8, 4) is 0 Å². The number of carbonyl (C=O) groups excluding carboxylic acids is 1. The third kappa shape index (κ3) is 2.72. The molecule has 100 valence electrons. The molecule has 1 aromatic heterocycles. The lowest BCUT2D eigenvalue weighted by atomic mass is 9.79. The van der Waals surface area contributed by atoms with Gasteiger partial charge in [0, 0.05) is 25.9 Å². The fraction of sp³-hybridized carbons (Fsp3) is 0.692. The minimum absolute atomic E-state index is 0.0330. The van der Waals surface area contributed by atoms with Crippen LogP contribution < -0.4 is 11.1 Å². The summed E-state index contributed by atoms with van der Waals surface area (Å²) in [6, 6.07) is 1.80. The Bertz CT molecular complexity index is 405. The highest BCUT2D eigenvalue weighted by atomic mass is 16.2. The first-order valence-corrected chi connectivity index (χ1v) is 6.67. The largest absolute Gasteiger partial charge is 0.329 e. The number of aryl methyl sites for hydroxylation is 1. The number of rotatable bonds is 3. The minimum atomic E-state index is -0.395. The van der Waals surface area contributed by atoms with Gasteiger partial charge in [0.05, 0.1) is 5.41 Å². The second kappa shape index (κ2) is 5.52. The Hall–Kier alpha value is -1.36. The van der Waals surface area contributed by atoms with Crippen LogP contribution in [-0.4, -0.2) is 22.2 Å². The number of anilines is 1. The van der Waals surface area contributed by atoms with E-state index in [1.54, 1.807) is 10.7 Å². The highest BCUT2D eigenvalue weighted by molar-refractivity contribution is 5.94. The molecule has 0 aromatic carbocycles. The number of carbonyl (C=O) groups is 1. The number of nitrogens with zero attached hydrogens (tertiary/aromatic N) is 2. The first-order chi connectivity index (χ1) is 8.66. The summed E-state index contributed by atoms with van der Waals surface area (Å²) in [6.45, 7) is 0.422. The Labute approximate surface area is 108 Å². The summed E-state index contributed by atoms with van der Waals surface area (Å²) in [6.07, 6.45) is 8.19. The fourth-order valence-corrected chi connectivity index (χ4v) is 2.66. The van der Waals surface area contributed by atoms with Crippen molar-refractivity contribution in [2.45, 2.75) is 38.5 Å². The maximum atomic E-state index is 12.4. The van der Waals surface area contributed by atoms with E-state index < -0.39 is 5.41 Å². The molecule has 2 rings (SSSR count). The lowest BCUT2D eigenvalue weighted by Crippen LogP contribution is -2.42. The van der Waals surface area contributed by atoms with Crippen LogP contribution in [0.4, 0.5) is 5.82 Å². The molecule has 0 saturated heterocycles. The standard InChI is InChI=1S/C13H22N4O/c1-17-9-6-11(16-17)15-12(18)13(10-14)7-4-2-3-5-8-13/h6,9H,2-5,7-8,10,14H2,1H3,(H,15,16,18). The van der Waals surface area contributed by atoms with Crippen molar-refractivity contribution in [1.29, 1.82) is 0 Å². The highest BCUT2D eigenvalue weighted by Gasteiger charge is 2.37. The van der Waals surface area contributed by atoms with Crippen molar-refractivity contribution in [2.75, 3.05) is 11.9 Å². The first kappa shape index (κ1) is 13.1. The third-order valence-corrected chi connectivity index (χ3v) is 3.89. The van der Waals surface area contributed by atoms with E-state index in [1.807, 2.05) is 13.2 Å². The Balaban J connectivity index is 2.08. The van der Waals surface area contributed by atoms with Gasteiger partial charge in [-0.25, -0.2) is 0 Å². The van der Waals surface area contributed by atoms with E-state index in [0.29, 0.717) is 12.4 Å². The van der Waals surface area contributed by atoms with Crippen LogP contribution in [0, 0.1) is 5.41 Å². The van der Waals surface area contributed by atoms with Crippen molar-refractivity contribution in [3.05, 3.63) is 12.3 Å². The monoisotopic (exact) mass is 250 g/mol. The zero-order valence-corrected chi connectivity index (χ0v) is 11.0. The Morgan fingerprint density at radius 2 is 2.11 bits per heavy atom. The minimum Gasteiger partial charge on any atom is -0.329 e. The Morgan fingerprint density at radius 3 is 2.61 bits per heavy atom. The molecule has 1 saturated carbocycles. The SMILES string of the molecule is Cn1ccc(NC(=O)C2(CN)CCCCCC2)n1. The predicted molar refractivity (Wildman–Crippen MR) is 71.0 cm³/mol. The molecule has 0 spiro atoms. The Kier molecular flexibility index (Phi) is 4.01. The zero-order chi connectivity index (χ0) is 13.0. The van der Waals surface area contributed by atoms with Gasteiger partial charge in [0.25, 0.3) is 0 Å². The van der Waals surface area contributed by atoms with Crippen LogP contribution in [0.2, 0.25) is 0 Å². The smallest absolute Gasteiger partial charge is 0.233 e. The van der Waals surface area contributed by atoms with Crippen LogP contribution in [0.3, 0.4) is 0 Å². The van der Waals surface area contributed by atoms with Crippen molar-refractivity contribution < 1.29 is 4.79 Å². The summed E-state index contributed by atoms with van der Waals surface area (Å²) in [5.41, 5.74) is 5.49. The average Bonchev–Trinajstić information content (AvgIpc) is 2.65. The van der Waals surface area contributed by atoms with Gasteiger partial charge in [-0.3, -0.25) is 9.48 Å². The van der Waals surface area contributed by atoms with E-state index in [2.05, 4.69) is 10.4 Å². The van der Waals surface area contributed by atoms with Crippen LogP contribution in [0.15, 0.2) is 12.3 Å².